The molecule has 1 aromatic carbocycles. The van der Waals surface area contributed by atoms with Crippen LogP contribution in [0.25, 0.3) is 0 Å². The predicted octanol–water partition coefficient (Wildman–Crippen LogP) is 3.32. The van der Waals surface area contributed by atoms with E-state index < -0.39 is 0 Å². The van der Waals surface area contributed by atoms with Crippen LogP contribution < -0.4 is 5.32 Å². The average Bonchev–Trinajstić information content (AvgIpc) is 2.80. The fraction of sp³-hybridized carbons (Fsp3) is 0.600. The van der Waals surface area contributed by atoms with Gasteiger partial charge in [0.05, 0.1) is 0 Å². The zero-order chi connectivity index (χ0) is 11.0. The molecule has 1 heterocycles. The molecule has 3 rings (SSSR count). The summed E-state index contributed by atoms with van der Waals surface area (Å²) < 4.78 is 0. The average molecular weight is 215 g/mol. The lowest BCUT2D eigenvalue weighted by atomic mass is 9.57. The minimum Gasteiger partial charge on any atom is -0.313 e. The van der Waals surface area contributed by atoms with Gasteiger partial charge in [-0.2, -0.15) is 0 Å². The molecule has 1 saturated carbocycles. The van der Waals surface area contributed by atoms with Gasteiger partial charge in [0, 0.05) is 6.04 Å². The maximum Gasteiger partial charge on any atom is 0.0122 e. The van der Waals surface area contributed by atoms with Crippen molar-refractivity contribution in [2.45, 2.75) is 44.6 Å². The highest BCUT2D eigenvalue weighted by molar-refractivity contribution is 5.24. The van der Waals surface area contributed by atoms with Gasteiger partial charge in [-0.3, -0.25) is 0 Å². The third kappa shape index (κ3) is 1.67. The summed E-state index contributed by atoms with van der Waals surface area (Å²) in [7, 11) is 0. The van der Waals surface area contributed by atoms with Crippen LogP contribution in [0.15, 0.2) is 30.3 Å². The predicted molar refractivity (Wildman–Crippen MR) is 67.5 cm³/mol. The van der Waals surface area contributed by atoms with E-state index in [9.17, 15) is 0 Å². The molecule has 1 aliphatic heterocycles. The van der Waals surface area contributed by atoms with Crippen LogP contribution in [0.2, 0.25) is 0 Å². The Bertz CT molecular complexity index is 345. The first-order valence-corrected chi connectivity index (χ1v) is 6.56. The van der Waals surface area contributed by atoms with Gasteiger partial charge in [-0.05, 0) is 49.1 Å². The zero-order valence-electron chi connectivity index (χ0n) is 10.1. The van der Waals surface area contributed by atoms with Crippen LogP contribution in [-0.2, 0) is 0 Å². The summed E-state index contributed by atoms with van der Waals surface area (Å²) in [6.07, 6.45) is 5.50. The van der Waals surface area contributed by atoms with Crippen molar-refractivity contribution in [3.63, 3.8) is 0 Å². The van der Waals surface area contributed by atoms with Gasteiger partial charge >= 0.3 is 0 Å². The summed E-state index contributed by atoms with van der Waals surface area (Å²) in [5, 5.41) is 3.67. The first kappa shape index (κ1) is 10.3. The molecular formula is C15H21N. The Hall–Kier alpha value is -0.820. The Morgan fingerprint density at radius 3 is 2.56 bits per heavy atom. The highest BCUT2D eigenvalue weighted by atomic mass is 15.0. The van der Waals surface area contributed by atoms with E-state index in [0.29, 0.717) is 5.41 Å². The van der Waals surface area contributed by atoms with Crippen molar-refractivity contribution in [2.24, 2.45) is 5.41 Å². The van der Waals surface area contributed by atoms with Gasteiger partial charge in [-0.25, -0.2) is 0 Å². The van der Waals surface area contributed by atoms with Crippen molar-refractivity contribution in [1.29, 1.82) is 0 Å². The van der Waals surface area contributed by atoms with Gasteiger partial charge in [-0.15, -0.1) is 0 Å². The third-order valence-corrected chi connectivity index (χ3v) is 4.60. The minimum absolute atomic E-state index is 0.566. The van der Waals surface area contributed by atoms with Crippen molar-refractivity contribution in [1.82, 2.24) is 5.32 Å². The molecule has 1 N–H and O–H groups in total. The fourth-order valence-corrected chi connectivity index (χ4v) is 3.59. The van der Waals surface area contributed by atoms with Crippen LogP contribution in [0.4, 0.5) is 0 Å². The molecule has 0 spiro atoms. The second kappa shape index (κ2) is 3.89. The van der Waals surface area contributed by atoms with Gasteiger partial charge in [0.2, 0.25) is 0 Å². The number of nitrogens with one attached hydrogen (secondary N) is 1. The lowest BCUT2D eigenvalue weighted by Crippen LogP contribution is -2.47. The quantitative estimate of drug-likeness (QED) is 0.798. The van der Waals surface area contributed by atoms with Crippen LogP contribution >= 0.6 is 0 Å². The van der Waals surface area contributed by atoms with E-state index in [0.717, 1.165) is 12.0 Å². The fourth-order valence-electron chi connectivity index (χ4n) is 3.59. The number of benzene rings is 1. The normalized spacial score (nSPS) is 38.3. The Kier molecular flexibility index (Phi) is 2.51. The number of rotatable bonds is 2. The Morgan fingerprint density at radius 1 is 1.19 bits per heavy atom. The lowest BCUT2D eigenvalue weighted by molar-refractivity contribution is 0.0797. The van der Waals surface area contributed by atoms with E-state index in [1.807, 2.05) is 0 Å². The SMILES string of the molecule is CC1(C2CCCN2)CC(c2ccccc2)C1. The minimum atomic E-state index is 0.566. The first-order valence-electron chi connectivity index (χ1n) is 6.56. The molecule has 0 aromatic heterocycles. The zero-order valence-corrected chi connectivity index (χ0v) is 10.1. The summed E-state index contributed by atoms with van der Waals surface area (Å²) in [5.41, 5.74) is 2.11. The van der Waals surface area contributed by atoms with E-state index in [1.165, 1.54) is 37.8 Å². The molecule has 1 aliphatic carbocycles. The first-order chi connectivity index (χ1) is 7.78. The van der Waals surface area contributed by atoms with Crippen LogP contribution in [0.3, 0.4) is 0 Å². The van der Waals surface area contributed by atoms with Gasteiger partial charge < -0.3 is 5.32 Å². The molecule has 0 radical (unpaired) electrons. The van der Waals surface area contributed by atoms with Crippen LogP contribution in [0.5, 0.6) is 0 Å². The summed E-state index contributed by atoms with van der Waals surface area (Å²) in [6.45, 7) is 3.70. The second-order valence-electron chi connectivity index (χ2n) is 5.82. The maximum atomic E-state index is 3.67. The van der Waals surface area contributed by atoms with Crippen LogP contribution in [0.1, 0.15) is 44.1 Å². The molecule has 0 amide bonds. The highest BCUT2D eigenvalue weighted by Crippen LogP contribution is 2.54. The molecule has 1 atom stereocenters. The smallest absolute Gasteiger partial charge is 0.0122 e. The van der Waals surface area contributed by atoms with E-state index >= 15 is 0 Å². The Labute approximate surface area is 98.3 Å². The Morgan fingerprint density at radius 2 is 1.94 bits per heavy atom. The van der Waals surface area contributed by atoms with Crippen LogP contribution in [-0.4, -0.2) is 12.6 Å². The molecular weight excluding hydrogens is 194 g/mol. The second-order valence-corrected chi connectivity index (χ2v) is 5.82. The highest BCUT2D eigenvalue weighted by Gasteiger charge is 2.46. The molecule has 2 aliphatic rings. The molecule has 0 bridgehead atoms. The lowest BCUT2D eigenvalue weighted by Gasteiger charge is -2.49. The standard InChI is InChI=1S/C15H21N/c1-15(14-8-5-9-16-14)10-13(11-15)12-6-3-2-4-7-12/h2-4,6-7,13-14,16H,5,8-11H2,1H3. The van der Waals surface area contributed by atoms with E-state index in [4.69, 9.17) is 0 Å². The topological polar surface area (TPSA) is 12.0 Å². The van der Waals surface area contributed by atoms with Gasteiger partial charge in [0.1, 0.15) is 0 Å². The third-order valence-electron chi connectivity index (χ3n) is 4.60. The van der Waals surface area contributed by atoms with Crippen molar-refractivity contribution >= 4 is 0 Å². The van der Waals surface area contributed by atoms with Crippen molar-refractivity contribution < 1.29 is 0 Å². The number of hydrogen-bond acceptors (Lipinski definition) is 1. The van der Waals surface area contributed by atoms with Gasteiger partial charge in [0.15, 0.2) is 0 Å². The molecule has 86 valence electrons. The summed E-state index contributed by atoms with van der Waals surface area (Å²) in [6, 6.07) is 11.8. The van der Waals surface area contributed by atoms with E-state index in [2.05, 4.69) is 42.6 Å². The molecule has 1 aromatic rings. The maximum absolute atomic E-state index is 3.67. The Balaban J connectivity index is 1.65. The van der Waals surface area contributed by atoms with Crippen LogP contribution in [0, 0.1) is 5.41 Å². The molecule has 16 heavy (non-hydrogen) atoms. The summed E-state index contributed by atoms with van der Waals surface area (Å²) >= 11 is 0. The van der Waals surface area contributed by atoms with Crippen molar-refractivity contribution in [3.05, 3.63) is 35.9 Å². The van der Waals surface area contributed by atoms with Gasteiger partial charge in [0.25, 0.3) is 0 Å². The van der Waals surface area contributed by atoms with Crippen molar-refractivity contribution in [2.75, 3.05) is 6.54 Å². The summed E-state index contributed by atoms with van der Waals surface area (Å²) in [4.78, 5) is 0. The molecule has 1 saturated heterocycles. The molecule has 1 unspecified atom stereocenters. The van der Waals surface area contributed by atoms with E-state index in [1.54, 1.807) is 0 Å². The van der Waals surface area contributed by atoms with Crippen molar-refractivity contribution in [3.8, 4) is 0 Å². The molecule has 2 fully saturated rings. The largest absolute Gasteiger partial charge is 0.313 e. The number of hydrogen-bond donors (Lipinski definition) is 1. The summed E-state index contributed by atoms with van der Waals surface area (Å²) in [5.74, 6) is 0.814. The monoisotopic (exact) mass is 215 g/mol. The van der Waals surface area contributed by atoms with E-state index in [-0.39, 0.29) is 0 Å². The van der Waals surface area contributed by atoms with Gasteiger partial charge in [-0.1, -0.05) is 37.3 Å². The molecule has 1 heteroatoms. The molecule has 1 nitrogen and oxygen atoms in total.